The summed E-state index contributed by atoms with van der Waals surface area (Å²) in [6.45, 7) is 0.249. The van der Waals surface area contributed by atoms with Gasteiger partial charge in [0.2, 0.25) is 12.7 Å². The lowest BCUT2D eigenvalue weighted by atomic mass is 10.0. The normalized spacial score (nSPS) is 19.0. The Balaban J connectivity index is 1.81. The molecule has 6 heteroatoms. The summed E-state index contributed by atoms with van der Waals surface area (Å²) in [4.78, 5) is 17.0. The van der Waals surface area contributed by atoms with Gasteiger partial charge in [-0.15, -0.1) is 0 Å². The van der Waals surface area contributed by atoms with Crippen molar-refractivity contribution in [3.63, 3.8) is 0 Å². The van der Waals surface area contributed by atoms with Crippen LogP contribution in [0.3, 0.4) is 0 Å². The lowest BCUT2D eigenvalue weighted by Gasteiger charge is -2.35. The van der Waals surface area contributed by atoms with Crippen LogP contribution < -0.4 is 9.47 Å². The van der Waals surface area contributed by atoms with E-state index in [0.29, 0.717) is 6.04 Å². The maximum Gasteiger partial charge on any atom is 0.244 e. The van der Waals surface area contributed by atoms with Crippen LogP contribution in [0.4, 0.5) is 0 Å². The van der Waals surface area contributed by atoms with Crippen molar-refractivity contribution >= 4 is 17.7 Å². The SMILES string of the molecule is CN(C(=O)[C@H](c1ccc2c(c1)OCO2)N(C)C)C1CCSCC1. The number of hydrogen-bond acceptors (Lipinski definition) is 5. The molecule has 2 aliphatic rings. The molecule has 0 saturated carbocycles. The molecular weight excluding hydrogens is 312 g/mol. The number of carbonyl (C=O) groups excluding carboxylic acids is 1. The van der Waals surface area contributed by atoms with Crippen LogP contribution in [0.2, 0.25) is 0 Å². The highest BCUT2D eigenvalue weighted by atomic mass is 32.2. The predicted octanol–water partition coefficient (Wildman–Crippen LogP) is 2.37. The lowest BCUT2D eigenvalue weighted by Crippen LogP contribution is -2.45. The second kappa shape index (κ2) is 7.01. The van der Waals surface area contributed by atoms with Gasteiger partial charge in [0.05, 0.1) is 0 Å². The van der Waals surface area contributed by atoms with E-state index in [0.717, 1.165) is 41.4 Å². The zero-order valence-electron chi connectivity index (χ0n) is 13.9. The molecule has 2 heterocycles. The summed E-state index contributed by atoms with van der Waals surface area (Å²) in [5.74, 6) is 3.89. The Morgan fingerprint density at radius 2 is 1.87 bits per heavy atom. The largest absolute Gasteiger partial charge is 0.454 e. The van der Waals surface area contributed by atoms with Crippen LogP contribution in [-0.4, -0.2) is 61.2 Å². The Labute approximate surface area is 141 Å². The number of carbonyl (C=O) groups is 1. The molecule has 0 unspecified atom stereocenters. The summed E-state index contributed by atoms with van der Waals surface area (Å²) >= 11 is 1.97. The number of nitrogens with zero attached hydrogens (tertiary/aromatic N) is 2. The molecule has 0 radical (unpaired) electrons. The van der Waals surface area contributed by atoms with Gasteiger partial charge >= 0.3 is 0 Å². The molecule has 0 bridgehead atoms. The number of ether oxygens (including phenoxy) is 2. The molecule has 23 heavy (non-hydrogen) atoms. The Morgan fingerprint density at radius 3 is 2.57 bits per heavy atom. The number of amides is 1. The van der Waals surface area contributed by atoms with Gasteiger partial charge in [0, 0.05) is 13.1 Å². The van der Waals surface area contributed by atoms with Crippen LogP contribution in [0.1, 0.15) is 24.4 Å². The molecule has 1 aromatic rings. The summed E-state index contributed by atoms with van der Waals surface area (Å²) in [6, 6.07) is 5.82. The number of fused-ring (bicyclic) bond motifs is 1. The molecular formula is C17H24N2O3S. The van der Waals surface area contributed by atoms with Gasteiger partial charge in [-0.1, -0.05) is 6.07 Å². The van der Waals surface area contributed by atoms with E-state index < -0.39 is 0 Å². The molecule has 1 saturated heterocycles. The molecule has 2 aliphatic heterocycles. The topological polar surface area (TPSA) is 42.0 Å². The third-order valence-electron chi connectivity index (χ3n) is 4.55. The minimum Gasteiger partial charge on any atom is -0.454 e. The summed E-state index contributed by atoms with van der Waals surface area (Å²) < 4.78 is 10.8. The summed E-state index contributed by atoms with van der Waals surface area (Å²) in [7, 11) is 5.82. The number of thioether (sulfide) groups is 1. The highest BCUT2D eigenvalue weighted by Gasteiger charge is 2.31. The standard InChI is InChI=1S/C17H24N2O3S/c1-18(2)16(12-4-5-14-15(10-12)22-11-21-14)17(20)19(3)13-6-8-23-9-7-13/h4-5,10,13,16H,6-9,11H2,1-3H3/t16-/m0/s1. The third-order valence-corrected chi connectivity index (χ3v) is 5.60. The smallest absolute Gasteiger partial charge is 0.244 e. The average molecular weight is 336 g/mol. The summed E-state index contributed by atoms with van der Waals surface area (Å²) in [5, 5.41) is 0. The molecule has 0 N–H and O–H groups in total. The van der Waals surface area contributed by atoms with Crippen molar-refractivity contribution in [2.75, 3.05) is 39.4 Å². The summed E-state index contributed by atoms with van der Waals surface area (Å²) in [6.07, 6.45) is 2.16. The second-order valence-corrected chi connectivity index (χ2v) is 7.50. The van der Waals surface area contributed by atoms with Gasteiger partial charge in [0.25, 0.3) is 0 Å². The highest BCUT2D eigenvalue weighted by Crippen LogP contribution is 2.36. The van der Waals surface area contributed by atoms with Gasteiger partial charge in [-0.2, -0.15) is 11.8 Å². The van der Waals surface area contributed by atoms with Crippen molar-refractivity contribution in [1.82, 2.24) is 9.80 Å². The zero-order chi connectivity index (χ0) is 16.4. The molecule has 1 amide bonds. The number of likely N-dealkylation sites (N-methyl/N-ethyl adjacent to an activating group) is 2. The fraction of sp³-hybridized carbons (Fsp3) is 0.588. The van der Waals surface area contributed by atoms with E-state index in [4.69, 9.17) is 9.47 Å². The second-order valence-electron chi connectivity index (χ2n) is 6.27. The quantitative estimate of drug-likeness (QED) is 0.844. The van der Waals surface area contributed by atoms with Gasteiger partial charge in [-0.25, -0.2) is 0 Å². The fourth-order valence-electron chi connectivity index (χ4n) is 3.19. The van der Waals surface area contributed by atoms with Crippen LogP contribution in [-0.2, 0) is 4.79 Å². The van der Waals surface area contributed by atoms with E-state index in [1.807, 2.05) is 60.9 Å². The first-order valence-electron chi connectivity index (χ1n) is 7.98. The molecule has 3 rings (SSSR count). The first-order valence-corrected chi connectivity index (χ1v) is 9.14. The zero-order valence-corrected chi connectivity index (χ0v) is 14.8. The lowest BCUT2D eigenvalue weighted by molar-refractivity contribution is -0.137. The van der Waals surface area contributed by atoms with Crippen LogP contribution in [0.15, 0.2) is 18.2 Å². The predicted molar refractivity (Wildman–Crippen MR) is 92.1 cm³/mol. The Morgan fingerprint density at radius 1 is 1.17 bits per heavy atom. The Hall–Kier alpha value is -1.40. The van der Waals surface area contributed by atoms with Crippen molar-refractivity contribution in [2.24, 2.45) is 0 Å². The maximum atomic E-state index is 13.1. The minimum atomic E-state index is -0.302. The minimum absolute atomic E-state index is 0.144. The van der Waals surface area contributed by atoms with Gasteiger partial charge in [0.15, 0.2) is 11.5 Å². The van der Waals surface area contributed by atoms with E-state index in [9.17, 15) is 4.79 Å². The molecule has 0 aromatic heterocycles. The number of benzene rings is 1. The van der Waals surface area contributed by atoms with Crippen LogP contribution in [0.5, 0.6) is 11.5 Å². The Kier molecular flexibility index (Phi) is 5.02. The average Bonchev–Trinajstić information content (AvgIpc) is 3.02. The third kappa shape index (κ3) is 3.43. The van der Waals surface area contributed by atoms with E-state index in [1.165, 1.54) is 0 Å². The van der Waals surface area contributed by atoms with Crippen LogP contribution >= 0.6 is 11.8 Å². The number of hydrogen-bond donors (Lipinski definition) is 0. The van der Waals surface area contributed by atoms with Gasteiger partial charge in [0.1, 0.15) is 6.04 Å². The molecule has 0 spiro atoms. The van der Waals surface area contributed by atoms with Crippen molar-refractivity contribution in [1.29, 1.82) is 0 Å². The van der Waals surface area contributed by atoms with Crippen molar-refractivity contribution in [3.05, 3.63) is 23.8 Å². The van der Waals surface area contributed by atoms with Crippen molar-refractivity contribution < 1.29 is 14.3 Å². The Bertz CT molecular complexity index is 573. The van der Waals surface area contributed by atoms with Gasteiger partial charge in [-0.3, -0.25) is 9.69 Å². The molecule has 1 fully saturated rings. The number of rotatable bonds is 4. The van der Waals surface area contributed by atoms with Crippen LogP contribution in [0, 0.1) is 0 Å². The van der Waals surface area contributed by atoms with E-state index in [2.05, 4.69) is 0 Å². The maximum absolute atomic E-state index is 13.1. The highest BCUT2D eigenvalue weighted by molar-refractivity contribution is 7.99. The molecule has 1 aromatic carbocycles. The van der Waals surface area contributed by atoms with E-state index in [1.54, 1.807) is 0 Å². The molecule has 0 aliphatic carbocycles. The molecule has 126 valence electrons. The molecule has 1 atom stereocenters. The monoisotopic (exact) mass is 336 g/mol. The van der Waals surface area contributed by atoms with Crippen molar-refractivity contribution in [2.45, 2.75) is 24.9 Å². The van der Waals surface area contributed by atoms with Gasteiger partial charge < -0.3 is 14.4 Å². The first-order chi connectivity index (χ1) is 11.1. The molecule has 5 nitrogen and oxygen atoms in total. The van der Waals surface area contributed by atoms with Gasteiger partial charge in [-0.05, 0) is 56.1 Å². The van der Waals surface area contributed by atoms with Crippen LogP contribution in [0.25, 0.3) is 0 Å². The first kappa shape index (κ1) is 16.5. The fourth-order valence-corrected chi connectivity index (χ4v) is 4.27. The van der Waals surface area contributed by atoms with E-state index >= 15 is 0 Å². The van der Waals surface area contributed by atoms with Crippen molar-refractivity contribution in [3.8, 4) is 11.5 Å². The summed E-state index contributed by atoms with van der Waals surface area (Å²) in [5.41, 5.74) is 0.946. The van der Waals surface area contributed by atoms with E-state index in [-0.39, 0.29) is 18.7 Å².